The summed E-state index contributed by atoms with van der Waals surface area (Å²) in [6.07, 6.45) is 0. The first kappa shape index (κ1) is 25.1. The van der Waals surface area contributed by atoms with E-state index in [9.17, 15) is 14.4 Å². The van der Waals surface area contributed by atoms with Crippen LogP contribution in [0.3, 0.4) is 0 Å². The van der Waals surface area contributed by atoms with E-state index in [2.05, 4.69) is 0 Å². The first-order chi connectivity index (χ1) is 17.3. The van der Waals surface area contributed by atoms with Gasteiger partial charge in [0.25, 0.3) is 5.79 Å². The smallest absolute Gasteiger partial charge is 0.343 e. The van der Waals surface area contributed by atoms with Crippen LogP contribution in [0.4, 0.5) is 0 Å². The van der Waals surface area contributed by atoms with Gasteiger partial charge in [0.1, 0.15) is 0 Å². The van der Waals surface area contributed by atoms with Crippen molar-refractivity contribution in [1.29, 1.82) is 0 Å². The molecule has 186 valence electrons. The van der Waals surface area contributed by atoms with E-state index >= 15 is 0 Å². The summed E-state index contributed by atoms with van der Waals surface area (Å²) < 4.78 is 22.7. The third-order valence-electron chi connectivity index (χ3n) is 6.13. The number of ether oxygens (including phenoxy) is 4. The molecule has 1 saturated heterocycles. The zero-order valence-corrected chi connectivity index (χ0v) is 20.4. The number of cyclic esters (lactones) is 2. The number of benzene rings is 3. The number of hydrogen-bond donors (Lipinski definition) is 0. The van der Waals surface area contributed by atoms with Gasteiger partial charge in [-0.3, -0.25) is 9.59 Å². The van der Waals surface area contributed by atoms with Crippen molar-refractivity contribution >= 4 is 17.9 Å². The molecule has 2 atom stereocenters. The number of hydrogen-bond acceptors (Lipinski definition) is 7. The SMILES string of the molecule is COC(=O)[C@](OCc1ccccc1)(c1ccccc1)[C@H](c1ccccc1)C1C(=O)OC(C)(C)OC1=O. The molecule has 0 saturated carbocycles. The quantitative estimate of drug-likeness (QED) is 0.341. The highest BCUT2D eigenvalue weighted by Crippen LogP contribution is 2.48. The second kappa shape index (κ2) is 10.3. The molecule has 0 amide bonds. The Balaban J connectivity index is 1.96. The lowest BCUT2D eigenvalue weighted by molar-refractivity contribution is -0.245. The molecular formula is C29H28O7. The molecule has 0 spiro atoms. The number of carbonyl (C=O) groups excluding carboxylic acids is 3. The van der Waals surface area contributed by atoms with Crippen LogP contribution in [0, 0.1) is 5.92 Å². The zero-order valence-electron chi connectivity index (χ0n) is 20.4. The lowest BCUT2D eigenvalue weighted by Crippen LogP contribution is -2.55. The Morgan fingerprint density at radius 1 is 0.861 bits per heavy atom. The zero-order chi connectivity index (χ0) is 25.8. The largest absolute Gasteiger partial charge is 0.467 e. The van der Waals surface area contributed by atoms with Gasteiger partial charge in [-0.2, -0.15) is 0 Å². The van der Waals surface area contributed by atoms with Gasteiger partial charge in [-0.1, -0.05) is 91.0 Å². The van der Waals surface area contributed by atoms with Crippen molar-refractivity contribution in [3.63, 3.8) is 0 Å². The summed E-state index contributed by atoms with van der Waals surface area (Å²) in [5, 5.41) is 0. The highest BCUT2D eigenvalue weighted by Gasteiger charge is 2.60. The van der Waals surface area contributed by atoms with Crippen molar-refractivity contribution in [3.05, 3.63) is 108 Å². The van der Waals surface area contributed by atoms with Crippen LogP contribution in [0.15, 0.2) is 91.0 Å². The summed E-state index contributed by atoms with van der Waals surface area (Å²) in [5.74, 6) is -6.46. The number of rotatable bonds is 8. The van der Waals surface area contributed by atoms with E-state index in [0.29, 0.717) is 11.1 Å². The van der Waals surface area contributed by atoms with E-state index in [0.717, 1.165) is 5.56 Å². The van der Waals surface area contributed by atoms with Crippen LogP contribution in [0.5, 0.6) is 0 Å². The van der Waals surface area contributed by atoms with Crippen LogP contribution >= 0.6 is 0 Å². The molecule has 0 N–H and O–H groups in total. The van der Waals surface area contributed by atoms with Gasteiger partial charge in [0.2, 0.25) is 0 Å². The number of carbonyl (C=O) groups is 3. The van der Waals surface area contributed by atoms with Gasteiger partial charge in [-0.25, -0.2) is 4.79 Å². The minimum atomic E-state index is -1.89. The second-order valence-corrected chi connectivity index (χ2v) is 8.98. The highest BCUT2D eigenvalue weighted by atomic mass is 16.7. The van der Waals surface area contributed by atoms with Crippen LogP contribution < -0.4 is 0 Å². The molecule has 0 unspecified atom stereocenters. The van der Waals surface area contributed by atoms with E-state index in [1.807, 2.05) is 30.3 Å². The van der Waals surface area contributed by atoms with Gasteiger partial charge in [-0.15, -0.1) is 0 Å². The van der Waals surface area contributed by atoms with Crippen molar-refractivity contribution in [2.45, 2.75) is 37.8 Å². The van der Waals surface area contributed by atoms with Crippen LogP contribution in [-0.4, -0.2) is 30.8 Å². The van der Waals surface area contributed by atoms with Gasteiger partial charge < -0.3 is 18.9 Å². The standard InChI is InChI=1S/C29H28O7/c1-28(2)35-25(30)23(26(31)36-28)24(21-15-9-5-10-16-21)29(27(32)33-3,22-17-11-6-12-18-22)34-19-20-13-7-4-8-14-20/h4-18,23-24H,19H2,1-3H3/t24-,29+/m1/s1. The van der Waals surface area contributed by atoms with E-state index < -0.39 is 41.1 Å². The van der Waals surface area contributed by atoms with E-state index in [-0.39, 0.29) is 6.61 Å². The first-order valence-corrected chi connectivity index (χ1v) is 11.6. The molecule has 1 heterocycles. The van der Waals surface area contributed by atoms with Gasteiger partial charge in [0.05, 0.1) is 19.6 Å². The third kappa shape index (κ3) is 4.88. The fourth-order valence-corrected chi connectivity index (χ4v) is 4.59. The van der Waals surface area contributed by atoms with Crippen molar-refractivity contribution in [1.82, 2.24) is 0 Å². The maximum Gasteiger partial charge on any atom is 0.343 e. The molecule has 0 aliphatic carbocycles. The second-order valence-electron chi connectivity index (χ2n) is 8.98. The molecule has 1 fully saturated rings. The van der Waals surface area contributed by atoms with Crippen LogP contribution in [0.2, 0.25) is 0 Å². The summed E-state index contributed by atoms with van der Waals surface area (Å²) in [6.45, 7) is 2.97. The van der Waals surface area contributed by atoms with Crippen LogP contribution in [0.1, 0.15) is 36.5 Å². The minimum Gasteiger partial charge on any atom is -0.467 e. The lowest BCUT2D eigenvalue weighted by atomic mass is 9.69. The molecule has 36 heavy (non-hydrogen) atoms. The number of esters is 3. The Kier molecular flexibility index (Phi) is 7.22. The molecule has 7 nitrogen and oxygen atoms in total. The summed E-state index contributed by atoms with van der Waals surface area (Å²) in [5.41, 5.74) is -0.161. The van der Waals surface area contributed by atoms with E-state index in [1.54, 1.807) is 60.7 Å². The topological polar surface area (TPSA) is 88.1 Å². The Bertz CT molecular complexity index is 1190. The Hall–Kier alpha value is -3.97. The summed E-state index contributed by atoms with van der Waals surface area (Å²) in [6, 6.07) is 26.8. The number of methoxy groups -OCH3 is 1. The van der Waals surface area contributed by atoms with Crippen molar-refractivity contribution < 1.29 is 33.3 Å². The molecule has 0 aromatic heterocycles. The predicted molar refractivity (Wildman–Crippen MR) is 130 cm³/mol. The van der Waals surface area contributed by atoms with Gasteiger partial charge >= 0.3 is 17.9 Å². The third-order valence-corrected chi connectivity index (χ3v) is 6.13. The van der Waals surface area contributed by atoms with Crippen molar-refractivity contribution in [2.24, 2.45) is 5.92 Å². The molecular weight excluding hydrogens is 460 g/mol. The molecule has 3 aromatic rings. The minimum absolute atomic E-state index is 0.0104. The lowest BCUT2D eigenvalue weighted by Gasteiger charge is -2.43. The Morgan fingerprint density at radius 2 is 1.36 bits per heavy atom. The van der Waals surface area contributed by atoms with E-state index in [1.165, 1.54) is 21.0 Å². The molecule has 3 aromatic carbocycles. The fourth-order valence-electron chi connectivity index (χ4n) is 4.59. The normalized spacial score (nSPS) is 17.9. The predicted octanol–water partition coefficient (Wildman–Crippen LogP) is 4.51. The average Bonchev–Trinajstić information content (AvgIpc) is 2.88. The van der Waals surface area contributed by atoms with Crippen LogP contribution in [-0.2, 0) is 45.5 Å². The Morgan fingerprint density at radius 3 is 1.89 bits per heavy atom. The Labute approximate surface area is 209 Å². The summed E-state index contributed by atoms with van der Waals surface area (Å²) in [7, 11) is 1.24. The van der Waals surface area contributed by atoms with Crippen molar-refractivity contribution in [3.8, 4) is 0 Å². The fraction of sp³-hybridized carbons (Fsp3) is 0.276. The highest BCUT2D eigenvalue weighted by molar-refractivity contribution is 5.99. The summed E-state index contributed by atoms with van der Waals surface area (Å²) >= 11 is 0. The van der Waals surface area contributed by atoms with Gasteiger partial charge in [-0.05, 0) is 16.7 Å². The van der Waals surface area contributed by atoms with Gasteiger partial charge in [0.15, 0.2) is 11.5 Å². The van der Waals surface area contributed by atoms with Gasteiger partial charge in [0, 0.05) is 13.8 Å². The average molecular weight is 489 g/mol. The molecule has 1 aliphatic rings. The van der Waals surface area contributed by atoms with E-state index in [4.69, 9.17) is 18.9 Å². The molecule has 4 rings (SSSR count). The molecule has 0 bridgehead atoms. The monoisotopic (exact) mass is 488 g/mol. The van der Waals surface area contributed by atoms with Crippen molar-refractivity contribution in [2.75, 3.05) is 7.11 Å². The summed E-state index contributed by atoms with van der Waals surface area (Å²) in [4.78, 5) is 40.5. The molecule has 7 heteroatoms. The maximum atomic E-state index is 13.8. The maximum absolute atomic E-state index is 13.8. The first-order valence-electron chi connectivity index (χ1n) is 11.6. The molecule has 0 radical (unpaired) electrons. The van der Waals surface area contributed by atoms with Crippen LogP contribution in [0.25, 0.3) is 0 Å². The molecule has 1 aliphatic heterocycles.